The third-order valence-electron chi connectivity index (χ3n) is 7.36. The summed E-state index contributed by atoms with van der Waals surface area (Å²) in [4.78, 5) is 41.5. The van der Waals surface area contributed by atoms with Crippen LogP contribution in [0.4, 0.5) is 22.8 Å². The highest BCUT2D eigenvalue weighted by atomic mass is 32.2. The van der Waals surface area contributed by atoms with E-state index in [1.807, 2.05) is 13.8 Å². The topological polar surface area (TPSA) is 94.0 Å². The predicted molar refractivity (Wildman–Crippen MR) is 155 cm³/mol. The Bertz CT molecular complexity index is 1580. The number of alkyl halides is 3. The van der Waals surface area contributed by atoms with E-state index in [2.05, 4.69) is 5.10 Å². The summed E-state index contributed by atoms with van der Waals surface area (Å²) in [5.74, 6) is -0.0418. The number of likely N-dealkylation sites (tertiary alicyclic amines) is 1. The third kappa shape index (κ3) is 6.66. The van der Waals surface area contributed by atoms with Crippen molar-refractivity contribution in [3.05, 3.63) is 64.2 Å². The van der Waals surface area contributed by atoms with Gasteiger partial charge in [-0.2, -0.15) is 18.3 Å². The zero-order valence-electron chi connectivity index (χ0n) is 23.9. The molecule has 43 heavy (non-hydrogen) atoms. The Morgan fingerprint density at radius 3 is 2.56 bits per heavy atom. The van der Waals surface area contributed by atoms with Gasteiger partial charge in [0.15, 0.2) is 0 Å². The first-order valence-electron chi connectivity index (χ1n) is 13.8. The molecule has 0 bridgehead atoms. The number of benzene rings is 2. The first-order valence-corrected chi connectivity index (χ1v) is 14.6. The van der Waals surface area contributed by atoms with Crippen LogP contribution in [0.5, 0.6) is 5.75 Å². The molecule has 2 saturated heterocycles. The maximum atomic E-state index is 13.7. The van der Waals surface area contributed by atoms with Gasteiger partial charge in [0.2, 0.25) is 0 Å². The number of methoxy groups -OCH3 is 1. The number of carbonyl (C=O) groups excluding carboxylic acids is 3. The van der Waals surface area contributed by atoms with E-state index in [0.717, 1.165) is 17.8 Å². The minimum Gasteiger partial charge on any atom is -0.497 e. The largest absolute Gasteiger partial charge is 0.497 e. The van der Waals surface area contributed by atoms with Crippen molar-refractivity contribution >= 4 is 46.0 Å². The molecule has 0 spiro atoms. The molecule has 2 aliphatic rings. The van der Waals surface area contributed by atoms with Crippen LogP contribution in [0.3, 0.4) is 0 Å². The number of hydrogen-bond acceptors (Lipinski definition) is 7. The van der Waals surface area contributed by atoms with Crippen molar-refractivity contribution in [3.63, 3.8) is 0 Å². The van der Waals surface area contributed by atoms with Gasteiger partial charge in [0.05, 0.1) is 42.4 Å². The van der Waals surface area contributed by atoms with Crippen LogP contribution in [-0.2, 0) is 22.3 Å². The fraction of sp³-hybridized carbons (Fsp3) is 0.400. The van der Waals surface area contributed by atoms with Crippen molar-refractivity contribution in [1.29, 1.82) is 0 Å². The molecular formula is C30H31F3N4O5S. The van der Waals surface area contributed by atoms with Gasteiger partial charge in [-0.1, -0.05) is 26.0 Å². The van der Waals surface area contributed by atoms with Crippen molar-refractivity contribution in [2.24, 2.45) is 5.92 Å². The van der Waals surface area contributed by atoms with Crippen molar-refractivity contribution in [1.82, 2.24) is 19.6 Å². The Kier molecular flexibility index (Phi) is 8.72. The number of ether oxygens (including phenoxy) is 2. The smallest absolute Gasteiger partial charge is 0.416 e. The van der Waals surface area contributed by atoms with Crippen molar-refractivity contribution in [2.75, 3.05) is 26.8 Å². The molecule has 0 saturated carbocycles. The second kappa shape index (κ2) is 12.3. The lowest BCUT2D eigenvalue weighted by Crippen LogP contribution is -2.48. The molecule has 13 heteroatoms. The second-order valence-electron chi connectivity index (χ2n) is 10.9. The fourth-order valence-corrected chi connectivity index (χ4v) is 6.05. The van der Waals surface area contributed by atoms with Gasteiger partial charge >= 0.3 is 12.3 Å². The summed E-state index contributed by atoms with van der Waals surface area (Å²) in [6.45, 7) is 4.93. The maximum absolute atomic E-state index is 13.7. The number of imide groups is 1. The molecule has 2 fully saturated rings. The lowest BCUT2D eigenvalue weighted by atomic mass is 10.0. The van der Waals surface area contributed by atoms with Gasteiger partial charge in [-0.05, 0) is 72.0 Å². The molecule has 3 amide bonds. The lowest BCUT2D eigenvalue weighted by molar-refractivity contribution is -0.138. The number of halogens is 3. The summed E-state index contributed by atoms with van der Waals surface area (Å²) in [7, 11) is 1.31. The standard InChI is InChI=1S/C30H31F3N4O5S/c1-18(2)17-42-28(39)35-10-8-22(9-11-35)37-27(38)26(43-29(37)40)13-19-4-7-25-21(12-19)15-34-36(25)16-20-5-6-23(41-3)14-24(20)30(31,32)33/h4-7,12-15,18,22H,8-11,16-17H2,1-3H3. The van der Waals surface area contributed by atoms with Gasteiger partial charge < -0.3 is 14.4 Å². The van der Waals surface area contributed by atoms with Gasteiger partial charge in [-0.3, -0.25) is 19.2 Å². The van der Waals surface area contributed by atoms with Crippen LogP contribution < -0.4 is 4.74 Å². The summed E-state index contributed by atoms with van der Waals surface area (Å²) >= 11 is 0.864. The number of thioether (sulfide) groups is 1. The van der Waals surface area contributed by atoms with Crippen molar-refractivity contribution < 1.29 is 37.0 Å². The zero-order valence-corrected chi connectivity index (χ0v) is 24.7. The summed E-state index contributed by atoms with van der Waals surface area (Å²) in [5.41, 5.74) is 0.530. The number of nitrogens with zero attached hydrogens (tertiary/aromatic N) is 4. The lowest BCUT2D eigenvalue weighted by Gasteiger charge is -2.34. The summed E-state index contributed by atoms with van der Waals surface area (Å²) in [6.07, 6.45) is -0.820. The van der Waals surface area contributed by atoms with Crippen LogP contribution in [0.1, 0.15) is 43.4 Å². The van der Waals surface area contributed by atoms with E-state index < -0.39 is 11.7 Å². The minimum atomic E-state index is -4.56. The van der Waals surface area contributed by atoms with Gasteiger partial charge in [0.25, 0.3) is 11.1 Å². The Labute approximate surface area is 250 Å². The highest BCUT2D eigenvalue weighted by Crippen LogP contribution is 2.37. The Morgan fingerprint density at radius 1 is 1.14 bits per heavy atom. The number of carbonyl (C=O) groups is 3. The maximum Gasteiger partial charge on any atom is 0.416 e. The Morgan fingerprint density at radius 2 is 1.88 bits per heavy atom. The van der Waals surface area contributed by atoms with Gasteiger partial charge in [0, 0.05) is 24.5 Å². The predicted octanol–water partition coefficient (Wildman–Crippen LogP) is 6.41. The number of rotatable bonds is 7. The number of piperidine rings is 1. The van der Waals surface area contributed by atoms with E-state index in [-0.39, 0.29) is 52.0 Å². The van der Waals surface area contributed by atoms with Gasteiger partial charge in [-0.15, -0.1) is 0 Å². The average Bonchev–Trinajstić information content (AvgIpc) is 3.49. The SMILES string of the molecule is COc1ccc(Cn2ncc3cc(C=C4SC(=O)N(C5CCN(C(=O)OCC(C)C)CC5)C4=O)ccc32)c(C(F)(F)F)c1. The summed E-state index contributed by atoms with van der Waals surface area (Å²) in [6, 6.07) is 8.74. The zero-order chi connectivity index (χ0) is 30.9. The van der Waals surface area contributed by atoms with E-state index in [0.29, 0.717) is 49.0 Å². The van der Waals surface area contributed by atoms with Gasteiger partial charge in [0.1, 0.15) is 5.75 Å². The van der Waals surface area contributed by atoms with Gasteiger partial charge in [-0.25, -0.2) is 4.79 Å². The average molecular weight is 617 g/mol. The number of aromatic nitrogens is 2. The first kappa shape index (κ1) is 30.5. The molecule has 2 aromatic carbocycles. The van der Waals surface area contributed by atoms with Crippen LogP contribution in [-0.4, -0.2) is 69.7 Å². The molecule has 0 N–H and O–H groups in total. The molecule has 3 heterocycles. The normalized spacial score (nSPS) is 17.5. The van der Waals surface area contributed by atoms with Crippen LogP contribution in [0.2, 0.25) is 0 Å². The molecule has 3 aromatic rings. The molecular weight excluding hydrogens is 585 g/mol. The minimum absolute atomic E-state index is 0.0503. The monoisotopic (exact) mass is 616 g/mol. The highest BCUT2D eigenvalue weighted by Gasteiger charge is 2.41. The molecule has 5 rings (SSSR count). The summed E-state index contributed by atoms with van der Waals surface area (Å²) in [5, 5.41) is 4.61. The molecule has 0 unspecified atom stereocenters. The third-order valence-corrected chi connectivity index (χ3v) is 8.24. The quantitative estimate of drug-likeness (QED) is 0.284. The van der Waals surface area contributed by atoms with Crippen LogP contribution in [0, 0.1) is 5.92 Å². The number of hydrogen-bond donors (Lipinski definition) is 0. The number of amides is 3. The molecule has 228 valence electrons. The van der Waals surface area contributed by atoms with Crippen LogP contribution >= 0.6 is 11.8 Å². The van der Waals surface area contributed by atoms with Crippen molar-refractivity contribution in [3.8, 4) is 5.75 Å². The molecule has 9 nitrogen and oxygen atoms in total. The first-order chi connectivity index (χ1) is 20.4. The van der Waals surface area contributed by atoms with E-state index in [4.69, 9.17) is 9.47 Å². The van der Waals surface area contributed by atoms with Crippen molar-refractivity contribution in [2.45, 2.75) is 45.5 Å². The van der Waals surface area contributed by atoms with E-state index in [1.165, 1.54) is 28.8 Å². The Hall–Kier alpha value is -4.00. The molecule has 1 aromatic heterocycles. The van der Waals surface area contributed by atoms with E-state index >= 15 is 0 Å². The highest BCUT2D eigenvalue weighted by molar-refractivity contribution is 8.18. The summed E-state index contributed by atoms with van der Waals surface area (Å²) < 4.78 is 52.8. The molecule has 0 atom stereocenters. The fourth-order valence-electron chi connectivity index (χ4n) is 5.15. The van der Waals surface area contributed by atoms with Crippen LogP contribution in [0.15, 0.2) is 47.5 Å². The van der Waals surface area contributed by atoms with E-state index in [9.17, 15) is 27.6 Å². The van der Waals surface area contributed by atoms with E-state index in [1.54, 1.807) is 35.4 Å². The van der Waals surface area contributed by atoms with Crippen LogP contribution in [0.25, 0.3) is 17.0 Å². The second-order valence-corrected chi connectivity index (χ2v) is 11.9. The molecule has 0 aliphatic carbocycles. The number of fused-ring (bicyclic) bond motifs is 1. The molecule has 2 aliphatic heterocycles. The molecule has 0 radical (unpaired) electrons. The Balaban J connectivity index is 1.28.